The minimum atomic E-state index is 0.925. The van der Waals surface area contributed by atoms with E-state index in [2.05, 4.69) is 184 Å². The zero-order valence-corrected chi connectivity index (χ0v) is 29.5. The molecule has 0 unspecified atom stereocenters. The van der Waals surface area contributed by atoms with Gasteiger partial charge < -0.3 is 0 Å². The second-order valence-electron chi connectivity index (χ2n) is 13.5. The molecule has 8 rings (SSSR count). The molecule has 0 saturated heterocycles. The number of allylic oxidation sites excluding steroid dienone is 3. The van der Waals surface area contributed by atoms with Gasteiger partial charge in [0.05, 0.1) is 0 Å². The molecule has 0 bridgehead atoms. The summed E-state index contributed by atoms with van der Waals surface area (Å²) in [6.07, 6.45) is 16.4. The minimum absolute atomic E-state index is 0.925. The van der Waals surface area contributed by atoms with Crippen LogP contribution in [0.3, 0.4) is 0 Å². The van der Waals surface area contributed by atoms with Crippen LogP contribution in [-0.4, -0.2) is 0 Å². The first-order chi connectivity index (χ1) is 25.2. The van der Waals surface area contributed by atoms with Gasteiger partial charge in [0.1, 0.15) is 0 Å². The van der Waals surface area contributed by atoms with Crippen LogP contribution in [-0.2, 0) is 6.42 Å². The van der Waals surface area contributed by atoms with Crippen LogP contribution in [0.15, 0.2) is 158 Å². The van der Waals surface area contributed by atoms with E-state index in [1.165, 1.54) is 87.6 Å². The Morgan fingerprint density at radius 2 is 1.33 bits per heavy atom. The molecule has 0 atom stereocenters. The van der Waals surface area contributed by atoms with Crippen LogP contribution in [0.5, 0.6) is 0 Å². The fourth-order valence-electron chi connectivity index (χ4n) is 7.79. The third-order valence-electron chi connectivity index (χ3n) is 10.3. The topological polar surface area (TPSA) is 0 Å². The van der Waals surface area contributed by atoms with Gasteiger partial charge in [0.15, 0.2) is 0 Å². The summed E-state index contributed by atoms with van der Waals surface area (Å²) in [7, 11) is 0. The van der Waals surface area contributed by atoms with E-state index in [1.54, 1.807) is 0 Å². The zero-order chi connectivity index (χ0) is 34.7. The zero-order valence-electron chi connectivity index (χ0n) is 29.5. The van der Waals surface area contributed by atoms with E-state index in [0.717, 1.165) is 24.8 Å². The van der Waals surface area contributed by atoms with Gasteiger partial charge in [0.2, 0.25) is 0 Å². The van der Waals surface area contributed by atoms with E-state index in [1.807, 2.05) is 6.08 Å². The summed E-state index contributed by atoms with van der Waals surface area (Å²) in [5, 5.41) is 7.93. The fourth-order valence-corrected chi connectivity index (χ4v) is 7.79. The Morgan fingerprint density at radius 3 is 2.12 bits per heavy atom. The van der Waals surface area contributed by atoms with Crippen molar-refractivity contribution in [2.75, 3.05) is 0 Å². The Hall–Kier alpha value is -5.98. The number of rotatable bonds is 8. The summed E-state index contributed by atoms with van der Waals surface area (Å²) in [6, 6.07) is 49.4. The average Bonchev–Trinajstić information content (AvgIpc) is 3.19. The molecule has 0 spiro atoms. The highest BCUT2D eigenvalue weighted by molar-refractivity contribution is 5.97. The molecular weight excluding hydrogens is 613 g/mol. The summed E-state index contributed by atoms with van der Waals surface area (Å²) in [5.74, 6) is 0. The van der Waals surface area contributed by atoms with Crippen LogP contribution in [0.1, 0.15) is 48.9 Å². The van der Waals surface area contributed by atoms with Crippen molar-refractivity contribution in [3.63, 3.8) is 0 Å². The van der Waals surface area contributed by atoms with Gasteiger partial charge in [-0.05, 0) is 119 Å². The third-order valence-corrected chi connectivity index (χ3v) is 10.3. The first kappa shape index (κ1) is 32.2. The summed E-state index contributed by atoms with van der Waals surface area (Å²) in [5.41, 5.74) is 13.8. The molecule has 0 nitrogen and oxygen atoms in total. The quantitative estimate of drug-likeness (QED) is 0.153. The molecule has 0 aromatic heterocycles. The third kappa shape index (κ3) is 6.08. The summed E-state index contributed by atoms with van der Waals surface area (Å²) < 4.78 is 0. The smallest absolute Gasteiger partial charge is 0.00669 e. The van der Waals surface area contributed by atoms with Crippen molar-refractivity contribution in [1.82, 2.24) is 0 Å². The SMILES string of the molecule is C=Cc1ccc(-c2ccc(C3=c4ccc5ccc(-c6ccc(-c7cccc8ccccc78)cc6)/c(=C/CCC)c5c4CC=C3)cc2)cc1/C=C\C. The molecular formula is C51H42. The molecule has 1 aliphatic rings. The Labute approximate surface area is 301 Å². The van der Waals surface area contributed by atoms with Crippen LogP contribution >= 0.6 is 0 Å². The highest BCUT2D eigenvalue weighted by Gasteiger charge is 2.15. The molecule has 7 aromatic rings. The summed E-state index contributed by atoms with van der Waals surface area (Å²) >= 11 is 0. The number of benzene rings is 7. The van der Waals surface area contributed by atoms with E-state index < -0.39 is 0 Å². The van der Waals surface area contributed by atoms with Gasteiger partial charge in [-0.1, -0.05) is 184 Å². The van der Waals surface area contributed by atoms with Crippen molar-refractivity contribution in [2.24, 2.45) is 0 Å². The van der Waals surface area contributed by atoms with Crippen LogP contribution < -0.4 is 10.4 Å². The predicted octanol–water partition coefficient (Wildman–Crippen LogP) is 12.6. The van der Waals surface area contributed by atoms with Crippen molar-refractivity contribution in [3.05, 3.63) is 191 Å². The molecule has 0 radical (unpaired) electrons. The normalized spacial score (nSPS) is 13.0. The Balaban J connectivity index is 1.23. The molecule has 0 amide bonds. The van der Waals surface area contributed by atoms with Gasteiger partial charge in [-0.25, -0.2) is 0 Å². The molecule has 51 heavy (non-hydrogen) atoms. The lowest BCUT2D eigenvalue weighted by Crippen LogP contribution is -2.20. The number of fused-ring (bicyclic) bond motifs is 4. The molecule has 7 aromatic carbocycles. The molecule has 0 aliphatic heterocycles. The molecule has 0 heterocycles. The van der Waals surface area contributed by atoms with Crippen molar-refractivity contribution in [2.45, 2.75) is 33.1 Å². The molecule has 0 fully saturated rings. The first-order valence-electron chi connectivity index (χ1n) is 18.2. The van der Waals surface area contributed by atoms with Crippen molar-refractivity contribution < 1.29 is 0 Å². The molecule has 0 N–H and O–H groups in total. The average molecular weight is 655 g/mol. The molecule has 246 valence electrons. The van der Waals surface area contributed by atoms with Gasteiger partial charge in [-0.3, -0.25) is 0 Å². The van der Waals surface area contributed by atoms with Gasteiger partial charge in [-0.2, -0.15) is 0 Å². The maximum absolute atomic E-state index is 3.99. The highest BCUT2D eigenvalue weighted by atomic mass is 14.2. The lowest BCUT2D eigenvalue weighted by Gasteiger charge is -2.17. The van der Waals surface area contributed by atoms with E-state index >= 15 is 0 Å². The number of unbranched alkanes of at least 4 members (excludes halogenated alkanes) is 1. The Bertz CT molecular complexity index is 2600. The minimum Gasteiger partial charge on any atom is -0.0984 e. The van der Waals surface area contributed by atoms with Crippen molar-refractivity contribution in [1.29, 1.82) is 0 Å². The van der Waals surface area contributed by atoms with E-state index in [4.69, 9.17) is 0 Å². The largest absolute Gasteiger partial charge is 0.0984 e. The maximum Gasteiger partial charge on any atom is -0.00669 e. The lowest BCUT2D eigenvalue weighted by atomic mass is 9.87. The van der Waals surface area contributed by atoms with Gasteiger partial charge >= 0.3 is 0 Å². The van der Waals surface area contributed by atoms with Gasteiger partial charge in [0, 0.05) is 0 Å². The summed E-state index contributed by atoms with van der Waals surface area (Å²) in [6.45, 7) is 8.32. The van der Waals surface area contributed by atoms with E-state index in [9.17, 15) is 0 Å². The predicted molar refractivity (Wildman–Crippen MR) is 223 cm³/mol. The molecule has 1 aliphatic carbocycles. The van der Waals surface area contributed by atoms with Crippen LogP contribution in [0.2, 0.25) is 0 Å². The Morgan fingerprint density at radius 1 is 0.627 bits per heavy atom. The number of hydrogen-bond acceptors (Lipinski definition) is 0. The Kier molecular flexibility index (Phi) is 8.91. The van der Waals surface area contributed by atoms with Gasteiger partial charge in [-0.15, -0.1) is 0 Å². The highest BCUT2D eigenvalue weighted by Crippen LogP contribution is 2.32. The van der Waals surface area contributed by atoms with E-state index in [0.29, 0.717) is 0 Å². The summed E-state index contributed by atoms with van der Waals surface area (Å²) in [4.78, 5) is 0. The second kappa shape index (κ2) is 14.1. The second-order valence-corrected chi connectivity index (χ2v) is 13.5. The number of hydrogen-bond donors (Lipinski definition) is 0. The van der Waals surface area contributed by atoms with Crippen molar-refractivity contribution in [3.8, 4) is 33.4 Å². The first-order valence-corrected chi connectivity index (χ1v) is 18.2. The molecule has 0 saturated carbocycles. The van der Waals surface area contributed by atoms with Crippen LogP contribution in [0, 0.1) is 0 Å². The van der Waals surface area contributed by atoms with Gasteiger partial charge in [0.25, 0.3) is 0 Å². The van der Waals surface area contributed by atoms with Crippen LogP contribution in [0.25, 0.3) is 78.7 Å². The van der Waals surface area contributed by atoms with Crippen LogP contribution in [0.4, 0.5) is 0 Å². The molecule has 0 heteroatoms. The van der Waals surface area contributed by atoms with E-state index in [-0.39, 0.29) is 0 Å². The standard InChI is InChI=1S/C51H42/c1-4-7-15-49-47(40-27-25-38(26-28-40)45-17-10-14-37-13-8-9-16-44(37)45)32-30-41-31-33-48-46(18-11-19-50(48)51(41)49)39-23-21-36(22-24-39)43-29-20-35(6-3)42(34-43)12-5-2/h5-6,8-18,20-34H,3-4,7,19H2,1-2H3/b12-5-,49-15-. The fraction of sp³-hybridized carbons (Fsp3) is 0.0980. The van der Waals surface area contributed by atoms with Crippen molar-refractivity contribution >= 4 is 45.3 Å². The monoisotopic (exact) mass is 654 g/mol. The maximum atomic E-state index is 3.99. The lowest BCUT2D eigenvalue weighted by molar-refractivity contribution is 0.992.